The fraction of sp³-hybridized carbons (Fsp3) is 0.929. The smallest absolute Gasteiger partial charge is 0.0351 e. The summed E-state index contributed by atoms with van der Waals surface area (Å²) in [6.07, 6.45) is 33.3. The summed E-state index contributed by atoms with van der Waals surface area (Å²) >= 11 is 0. The average molecular weight is 393 g/mol. The van der Waals surface area contributed by atoms with Crippen LogP contribution in [0.4, 0.5) is 0 Å². The first-order chi connectivity index (χ1) is 13.8. The van der Waals surface area contributed by atoms with Gasteiger partial charge in [-0.2, -0.15) is 0 Å². The van der Waals surface area contributed by atoms with Gasteiger partial charge in [0, 0.05) is 0 Å². The van der Waals surface area contributed by atoms with E-state index in [0.717, 1.165) is 11.8 Å². The summed E-state index contributed by atoms with van der Waals surface area (Å²) < 4.78 is 0. The highest BCUT2D eigenvalue weighted by Crippen LogP contribution is 2.27. The molecule has 0 radical (unpaired) electrons. The third-order valence-electron chi connectivity index (χ3n) is 6.71. The van der Waals surface area contributed by atoms with Crippen LogP contribution < -0.4 is 0 Å². The number of hydrogen-bond donors (Lipinski definition) is 0. The summed E-state index contributed by atoms with van der Waals surface area (Å²) in [5.74, 6) is 1.88. The first-order valence-electron chi connectivity index (χ1n) is 13.4. The van der Waals surface area contributed by atoms with Crippen LogP contribution in [0.25, 0.3) is 0 Å². The number of rotatable bonds is 22. The van der Waals surface area contributed by atoms with Crippen LogP contribution in [0.15, 0.2) is 12.2 Å². The molecule has 0 aliphatic rings. The normalized spacial score (nSPS) is 14.0. The van der Waals surface area contributed by atoms with Gasteiger partial charge in [0.2, 0.25) is 0 Å². The molecule has 0 heterocycles. The highest BCUT2D eigenvalue weighted by atomic mass is 14.2. The van der Waals surface area contributed by atoms with Gasteiger partial charge >= 0.3 is 0 Å². The highest BCUT2D eigenvalue weighted by Gasteiger charge is 2.14. The van der Waals surface area contributed by atoms with E-state index in [1.807, 2.05) is 0 Å². The van der Waals surface area contributed by atoms with Crippen molar-refractivity contribution in [1.82, 2.24) is 0 Å². The van der Waals surface area contributed by atoms with Crippen LogP contribution in [0, 0.1) is 11.8 Å². The summed E-state index contributed by atoms with van der Waals surface area (Å²) in [6, 6.07) is 0. The second-order valence-electron chi connectivity index (χ2n) is 9.37. The van der Waals surface area contributed by atoms with E-state index in [9.17, 15) is 0 Å². The van der Waals surface area contributed by atoms with Gasteiger partial charge in [0.1, 0.15) is 0 Å². The van der Waals surface area contributed by atoms with Crippen LogP contribution >= 0.6 is 0 Å². The maximum Gasteiger partial charge on any atom is -0.0351 e. The molecular formula is C28H56. The third kappa shape index (κ3) is 19.1. The molecule has 28 heavy (non-hydrogen) atoms. The van der Waals surface area contributed by atoms with Gasteiger partial charge < -0.3 is 0 Å². The molecule has 2 atom stereocenters. The molecule has 2 unspecified atom stereocenters. The minimum absolute atomic E-state index is 0.914. The maximum absolute atomic E-state index is 2.49. The molecule has 0 saturated heterocycles. The van der Waals surface area contributed by atoms with E-state index in [-0.39, 0.29) is 0 Å². The van der Waals surface area contributed by atoms with Gasteiger partial charge in [0.05, 0.1) is 0 Å². The zero-order valence-corrected chi connectivity index (χ0v) is 20.5. The van der Waals surface area contributed by atoms with Crippen molar-refractivity contribution in [3.05, 3.63) is 12.2 Å². The van der Waals surface area contributed by atoms with Gasteiger partial charge in [0.25, 0.3) is 0 Å². The van der Waals surface area contributed by atoms with Crippen molar-refractivity contribution >= 4 is 0 Å². The van der Waals surface area contributed by atoms with Gasteiger partial charge in [0.15, 0.2) is 0 Å². The molecule has 0 aromatic carbocycles. The van der Waals surface area contributed by atoms with E-state index in [4.69, 9.17) is 0 Å². The SMILES string of the molecule is CCCCCCCC/C=C/CCCC(CCCCCCCCCC)C(C)CC. The number of hydrogen-bond acceptors (Lipinski definition) is 0. The molecule has 0 aromatic heterocycles. The molecule has 0 heteroatoms. The second-order valence-corrected chi connectivity index (χ2v) is 9.37. The maximum atomic E-state index is 2.49. The standard InChI is InChI=1S/C28H56/c1-5-8-10-12-14-16-17-18-20-22-24-26-28(27(4)7-3)25-23-21-19-15-13-11-9-6-2/h18,20,27-28H,5-17,19,21-26H2,1-4H3/b20-18+. The molecule has 0 rings (SSSR count). The quantitative estimate of drug-likeness (QED) is 0.127. The van der Waals surface area contributed by atoms with Crippen LogP contribution in [-0.4, -0.2) is 0 Å². The van der Waals surface area contributed by atoms with Gasteiger partial charge in [-0.05, 0) is 43.9 Å². The lowest BCUT2D eigenvalue weighted by molar-refractivity contribution is 0.292. The predicted octanol–water partition coefficient (Wildman–Crippen LogP) is 10.7. The Hall–Kier alpha value is -0.260. The Kier molecular flexibility index (Phi) is 22.8. The van der Waals surface area contributed by atoms with Crippen LogP contribution in [0.1, 0.15) is 156 Å². The topological polar surface area (TPSA) is 0 Å². The zero-order chi connectivity index (χ0) is 20.7. The molecule has 0 spiro atoms. The molecule has 0 nitrogen and oxygen atoms in total. The summed E-state index contributed by atoms with van der Waals surface area (Å²) in [4.78, 5) is 0. The van der Waals surface area contributed by atoms with E-state index in [1.54, 1.807) is 0 Å². The van der Waals surface area contributed by atoms with Crippen molar-refractivity contribution < 1.29 is 0 Å². The Bertz CT molecular complexity index is 303. The fourth-order valence-corrected chi connectivity index (χ4v) is 4.36. The van der Waals surface area contributed by atoms with Crippen LogP contribution in [0.2, 0.25) is 0 Å². The molecule has 0 N–H and O–H groups in total. The summed E-state index contributed by atoms with van der Waals surface area (Å²) in [5.41, 5.74) is 0. The Labute approximate surface area is 180 Å². The van der Waals surface area contributed by atoms with Crippen molar-refractivity contribution in [1.29, 1.82) is 0 Å². The van der Waals surface area contributed by atoms with Crippen molar-refractivity contribution in [2.75, 3.05) is 0 Å². The van der Waals surface area contributed by atoms with Gasteiger partial charge in [-0.15, -0.1) is 0 Å². The Balaban J connectivity index is 3.68. The highest BCUT2D eigenvalue weighted by molar-refractivity contribution is 4.82. The van der Waals surface area contributed by atoms with E-state index >= 15 is 0 Å². The summed E-state index contributed by atoms with van der Waals surface area (Å²) in [5, 5.41) is 0. The Morgan fingerprint density at radius 1 is 0.500 bits per heavy atom. The van der Waals surface area contributed by atoms with Crippen molar-refractivity contribution in [2.24, 2.45) is 11.8 Å². The monoisotopic (exact) mass is 392 g/mol. The van der Waals surface area contributed by atoms with Crippen LogP contribution in [-0.2, 0) is 0 Å². The van der Waals surface area contributed by atoms with Gasteiger partial charge in [-0.25, -0.2) is 0 Å². The molecule has 0 saturated carbocycles. The Morgan fingerprint density at radius 3 is 1.46 bits per heavy atom. The van der Waals surface area contributed by atoms with E-state index in [1.165, 1.54) is 128 Å². The lowest BCUT2D eigenvalue weighted by atomic mass is 9.83. The van der Waals surface area contributed by atoms with Gasteiger partial charge in [-0.3, -0.25) is 0 Å². The summed E-state index contributed by atoms with van der Waals surface area (Å²) in [7, 11) is 0. The average Bonchev–Trinajstić information content (AvgIpc) is 2.71. The molecule has 168 valence electrons. The van der Waals surface area contributed by atoms with E-state index in [2.05, 4.69) is 39.8 Å². The number of allylic oxidation sites excluding steroid dienone is 2. The lowest BCUT2D eigenvalue weighted by Gasteiger charge is -2.23. The third-order valence-corrected chi connectivity index (χ3v) is 6.71. The van der Waals surface area contributed by atoms with Crippen molar-refractivity contribution in [3.63, 3.8) is 0 Å². The number of unbranched alkanes of at least 4 members (excludes halogenated alkanes) is 14. The molecule has 0 aromatic rings. The second kappa shape index (κ2) is 23.0. The lowest BCUT2D eigenvalue weighted by Crippen LogP contribution is -2.11. The molecule has 0 aliphatic heterocycles. The predicted molar refractivity (Wildman–Crippen MR) is 131 cm³/mol. The zero-order valence-electron chi connectivity index (χ0n) is 20.5. The Morgan fingerprint density at radius 2 is 0.929 bits per heavy atom. The molecule has 0 amide bonds. The first-order valence-corrected chi connectivity index (χ1v) is 13.4. The fourth-order valence-electron chi connectivity index (χ4n) is 4.36. The minimum atomic E-state index is 0.914. The molecule has 0 bridgehead atoms. The molecule has 0 fully saturated rings. The van der Waals surface area contributed by atoms with Crippen molar-refractivity contribution in [2.45, 2.75) is 156 Å². The van der Waals surface area contributed by atoms with Gasteiger partial charge in [-0.1, -0.05) is 136 Å². The summed E-state index contributed by atoms with van der Waals surface area (Å²) in [6.45, 7) is 9.47. The molecular weight excluding hydrogens is 336 g/mol. The van der Waals surface area contributed by atoms with Crippen molar-refractivity contribution in [3.8, 4) is 0 Å². The van der Waals surface area contributed by atoms with Crippen LogP contribution in [0.3, 0.4) is 0 Å². The largest absolute Gasteiger partial charge is 0.0885 e. The first kappa shape index (κ1) is 27.7. The van der Waals surface area contributed by atoms with Crippen LogP contribution in [0.5, 0.6) is 0 Å². The molecule has 0 aliphatic carbocycles. The van der Waals surface area contributed by atoms with E-state index < -0.39 is 0 Å². The minimum Gasteiger partial charge on any atom is -0.0885 e. The van der Waals surface area contributed by atoms with E-state index in [0.29, 0.717) is 0 Å².